The number of esters is 1. The van der Waals surface area contributed by atoms with E-state index in [0.29, 0.717) is 37.4 Å². The summed E-state index contributed by atoms with van der Waals surface area (Å²) in [6.45, 7) is 5.37. The Hall–Kier alpha value is -3.15. The molecule has 2 heterocycles. The standard InChI is InChI=1S/C20H17ClN4O3S/c1-4-28-20(27)17-11(2)15(9-22)18(29-17)23-10-16-12(3)24-25(19(16)26)14-7-5-6-13(21)8-14/h5-8,10,24H,4H2,1-3H3/b23-10+. The molecular formula is C20H17ClN4O3S. The Bertz CT molecular complexity index is 1210. The summed E-state index contributed by atoms with van der Waals surface area (Å²) in [6, 6.07) is 8.96. The molecule has 29 heavy (non-hydrogen) atoms. The molecule has 0 aliphatic rings. The third-order valence-corrected chi connectivity index (χ3v) is 5.61. The molecule has 7 nitrogen and oxygen atoms in total. The van der Waals surface area contributed by atoms with Crippen molar-refractivity contribution in [2.24, 2.45) is 4.99 Å². The molecule has 0 saturated heterocycles. The summed E-state index contributed by atoms with van der Waals surface area (Å²) < 4.78 is 6.40. The van der Waals surface area contributed by atoms with E-state index in [2.05, 4.69) is 16.2 Å². The van der Waals surface area contributed by atoms with Crippen molar-refractivity contribution in [2.45, 2.75) is 20.8 Å². The lowest BCUT2D eigenvalue weighted by Gasteiger charge is -2.01. The summed E-state index contributed by atoms with van der Waals surface area (Å²) >= 11 is 7.07. The van der Waals surface area contributed by atoms with Gasteiger partial charge < -0.3 is 4.74 Å². The molecule has 1 N–H and O–H groups in total. The van der Waals surface area contributed by atoms with Gasteiger partial charge in [0.1, 0.15) is 15.9 Å². The van der Waals surface area contributed by atoms with E-state index in [4.69, 9.17) is 16.3 Å². The van der Waals surface area contributed by atoms with Crippen molar-refractivity contribution in [3.05, 3.63) is 66.9 Å². The third-order valence-electron chi connectivity index (χ3n) is 4.20. The minimum Gasteiger partial charge on any atom is -0.462 e. The van der Waals surface area contributed by atoms with Gasteiger partial charge in [0, 0.05) is 16.9 Å². The fourth-order valence-electron chi connectivity index (χ4n) is 2.74. The van der Waals surface area contributed by atoms with Gasteiger partial charge in [0.05, 0.1) is 23.4 Å². The smallest absolute Gasteiger partial charge is 0.348 e. The summed E-state index contributed by atoms with van der Waals surface area (Å²) in [5.74, 6) is -0.492. The van der Waals surface area contributed by atoms with Crippen LogP contribution in [0.3, 0.4) is 0 Å². The number of aryl methyl sites for hydroxylation is 1. The number of nitrogens with zero attached hydrogens (tertiary/aromatic N) is 3. The molecule has 0 aliphatic heterocycles. The Labute approximate surface area is 175 Å². The molecule has 0 spiro atoms. The van der Waals surface area contributed by atoms with Crippen LogP contribution < -0.4 is 5.56 Å². The predicted octanol–water partition coefficient (Wildman–Crippen LogP) is 4.30. The van der Waals surface area contributed by atoms with Crippen LogP contribution in [0.25, 0.3) is 5.69 Å². The van der Waals surface area contributed by atoms with Crippen LogP contribution in [0.15, 0.2) is 34.1 Å². The molecule has 0 saturated carbocycles. The van der Waals surface area contributed by atoms with Crippen molar-refractivity contribution in [1.82, 2.24) is 9.78 Å². The number of rotatable bonds is 5. The number of H-pyrrole nitrogens is 1. The quantitative estimate of drug-likeness (QED) is 0.483. The van der Waals surface area contributed by atoms with Crippen molar-refractivity contribution in [1.29, 1.82) is 5.26 Å². The van der Waals surface area contributed by atoms with E-state index in [-0.39, 0.29) is 17.7 Å². The van der Waals surface area contributed by atoms with Gasteiger partial charge >= 0.3 is 5.97 Å². The zero-order valence-corrected chi connectivity index (χ0v) is 17.5. The first-order valence-electron chi connectivity index (χ1n) is 8.69. The largest absolute Gasteiger partial charge is 0.462 e. The first-order chi connectivity index (χ1) is 13.9. The number of hydrogen-bond donors (Lipinski definition) is 1. The Morgan fingerprint density at radius 1 is 1.45 bits per heavy atom. The summed E-state index contributed by atoms with van der Waals surface area (Å²) in [5.41, 5.74) is 2.06. The molecule has 0 unspecified atom stereocenters. The van der Waals surface area contributed by atoms with Gasteiger partial charge in [-0.1, -0.05) is 17.7 Å². The average molecular weight is 429 g/mol. The highest BCUT2D eigenvalue weighted by Crippen LogP contribution is 2.35. The normalized spacial score (nSPS) is 11.0. The molecule has 9 heteroatoms. The predicted molar refractivity (Wildman–Crippen MR) is 113 cm³/mol. The highest BCUT2D eigenvalue weighted by Gasteiger charge is 2.21. The van der Waals surface area contributed by atoms with Crippen molar-refractivity contribution in [3.63, 3.8) is 0 Å². The molecule has 3 aromatic rings. The number of thiophene rings is 1. The Morgan fingerprint density at radius 2 is 2.21 bits per heavy atom. The zero-order valence-electron chi connectivity index (χ0n) is 15.9. The molecule has 0 bridgehead atoms. The van der Waals surface area contributed by atoms with Gasteiger partial charge in [0.25, 0.3) is 5.56 Å². The molecule has 0 atom stereocenters. The minimum atomic E-state index is -0.492. The summed E-state index contributed by atoms with van der Waals surface area (Å²) in [7, 11) is 0. The van der Waals surface area contributed by atoms with E-state index >= 15 is 0 Å². The zero-order chi connectivity index (χ0) is 21.1. The molecule has 0 fully saturated rings. The maximum absolute atomic E-state index is 12.8. The second kappa shape index (κ2) is 8.47. The van der Waals surface area contributed by atoms with Gasteiger partial charge in [0.2, 0.25) is 0 Å². The van der Waals surface area contributed by atoms with Crippen LogP contribution in [0, 0.1) is 25.2 Å². The minimum absolute atomic E-state index is 0.238. The van der Waals surface area contributed by atoms with Crippen molar-refractivity contribution < 1.29 is 9.53 Å². The van der Waals surface area contributed by atoms with Crippen LogP contribution in [-0.4, -0.2) is 28.6 Å². The van der Waals surface area contributed by atoms with Crippen molar-refractivity contribution in [2.75, 3.05) is 6.61 Å². The molecule has 2 aromatic heterocycles. The van der Waals surface area contributed by atoms with Gasteiger partial charge in [-0.25, -0.2) is 14.5 Å². The number of carbonyl (C=O) groups is 1. The fourth-order valence-corrected chi connectivity index (χ4v) is 3.93. The van der Waals surface area contributed by atoms with Crippen LogP contribution in [0.2, 0.25) is 5.02 Å². The Balaban J connectivity index is 2.01. The lowest BCUT2D eigenvalue weighted by Crippen LogP contribution is -2.17. The van der Waals surface area contributed by atoms with Crippen LogP contribution in [-0.2, 0) is 4.74 Å². The number of halogens is 1. The van der Waals surface area contributed by atoms with Gasteiger partial charge in [-0.3, -0.25) is 9.89 Å². The lowest BCUT2D eigenvalue weighted by molar-refractivity contribution is 0.0531. The Kier molecular flexibility index (Phi) is 6.01. The van der Waals surface area contributed by atoms with Gasteiger partial charge in [-0.05, 0) is 44.5 Å². The van der Waals surface area contributed by atoms with E-state index in [1.54, 1.807) is 45.0 Å². The van der Waals surface area contributed by atoms with Crippen molar-refractivity contribution in [3.8, 4) is 11.8 Å². The first-order valence-corrected chi connectivity index (χ1v) is 9.89. The van der Waals surface area contributed by atoms with E-state index in [9.17, 15) is 14.9 Å². The first kappa shape index (κ1) is 20.6. The summed E-state index contributed by atoms with van der Waals surface area (Å²) in [6.07, 6.45) is 1.40. The van der Waals surface area contributed by atoms with E-state index in [0.717, 1.165) is 11.3 Å². The monoisotopic (exact) mass is 428 g/mol. The van der Waals surface area contributed by atoms with E-state index in [1.807, 2.05) is 0 Å². The van der Waals surface area contributed by atoms with Crippen molar-refractivity contribution >= 4 is 40.1 Å². The molecular weight excluding hydrogens is 412 g/mol. The molecule has 3 rings (SSSR count). The number of nitriles is 1. The lowest BCUT2D eigenvalue weighted by atomic mass is 10.2. The molecule has 0 aliphatic carbocycles. The number of aliphatic imine (C=N–C) groups is 1. The number of benzene rings is 1. The number of carbonyl (C=O) groups excluding carboxylic acids is 1. The third kappa shape index (κ3) is 4.01. The SMILES string of the molecule is CCOC(=O)c1sc(/N=C/c2c(C)[nH]n(-c3cccc(Cl)c3)c2=O)c(C#N)c1C. The van der Waals surface area contributed by atoms with Gasteiger partial charge in [0.15, 0.2) is 0 Å². The fraction of sp³-hybridized carbons (Fsp3) is 0.200. The van der Waals surface area contributed by atoms with Crippen LogP contribution >= 0.6 is 22.9 Å². The second-order valence-electron chi connectivity index (χ2n) is 6.10. The topological polar surface area (TPSA) is 100 Å². The average Bonchev–Trinajstić information content (AvgIpc) is 3.16. The van der Waals surface area contributed by atoms with Gasteiger partial charge in [-0.2, -0.15) is 5.26 Å². The number of hydrogen-bond acceptors (Lipinski definition) is 6. The maximum atomic E-state index is 12.8. The van der Waals surface area contributed by atoms with Gasteiger partial charge in [-0.15, -0.1) is 11.3 Å². The highest BCUT2D eigenvalue weighted by molar-refractivity contribution is 7.18. The molecule has 1 aromatic carbocycles. The maximum Gasteiger partial charge on any atom is 0.348 e. The number of ether oxygens (including phenoxy) is 1. The highest BCUT2D eigenvalue weighted by atomic mass is 35.5. The summed E-state index contributed by atoms with van der Waals surface area (Å²) in [5, 5.41) is 13.3. The van der Waals surface area contributed by atoms with Crippen LogP contribution in [0.4, 0.5) is 5.00 Å². The van der Waals surface area contributed by atoms with E-state index < -0.39 is 5.97 Å². The molecule has 0 radical (unpaired) electrons. The molecule has 0 amide bonds. The van der Waals surface area contributed by atoms with Crippen LogP contribution in [0.5, 0.6) is 0 Å². The number of aromatic nitrogens is 2. The number of aromatic amines is 1. The van der Waals surface area contributed by atoms with Crippen LogP contribution in [0.1, 0.15) is 39.0 Å². The molecule has 148 valence electrons. The summed E-state index contributed by atoms with van der Waals surface area (Å²) in [4.78, 5) is 29.5. The second-order valence-corrected chi connectivity index (χ2v) is 7.53. The number of nitrogens with one attached hydrogen (secondary N) is 1. The van der Waals surface area contributed by atoms with E-state index in [1.165, 1.54) is 10.9 Å². The Morgan fingerprint density at radius 3 is 2.86 bits per heavy atom.